The Morgan fingerprint density at radius 2 is 1.86 bits per heavy atom. The van der Waals surface area contributed by atoms with Gasteiger partial charge in [0.15, 0.2) is 4.91 Å². The molecule has 0 amide bonds. The van der Waals surface area contributed by atoms with Gasteiger partial charge in [0.2, 0.25) is 9.84 Å². The minimum absolute atomic E-state index is 0.00433. The van der Waals surface area contributed by atoms with Crippen LogP contribution in [0.5, 0.6) is 0 Å². The second-order valence-electron chi connectivity index (χ2n) is 5.27. The zero-order chi connectivity index (χ0) is 16.3. The Labute approximate surface area is 139 Å². The smallest absolute Gasteiger partial charge is 0.218 e. The second-order valence-corrected chi connectivity index (χ2v) is 8.11. The molecule has 0 aromatic heterocycles. The summed E-state index contributed by atoms with van der Waals surface area (Å²) in [6.45, 7) is 4.97. The molecule has 1 aliphatic heterocycles. The molecule has 0 spiro atoms. The van der Waals surface area contributed by atoms with E-state index in [0.29, 0.717) is 13.1 Å². The molecule has 22 heavy (non-hydrogen) atoms. The van der Waals surface area contributed by atoms with Crippen LogP contribution in [0.4, 0.5) is 0 Å². The maximum Gasteiger partial charge on any atom is 0.218 e. The first kappa shape index (κ1) is 17.0. The van der Waals surface area contributed by atoms with Crippen LogP contribution in [0.15, 0.2) is 44.7 Å². The van der Waals surface area contributed by atoms with Crippen LogP contribution in [0.25, 0.3) is 0 Å². The molecule has 0 bridgehead atoms. The lowest BCUT2D eigenvalue weighted by Crippen LogP contribution is -2.42. The molecule has 0 saturated carbocycles. The van der Waals surface area contributed by atoms with E-state index in [-0.39, 0.29) is 22.0 Å². The Bertz CT molecular complexity index is 697. The van der Waals surface area contributed by atoms with E-state index in [0.717, 1.165) is 4.47 Å². The fraction of sp³-hybridized carbons (Fsp3) is 0.400. The van der Waals surface area contributed by atoms with Crippen molar-refractivity contribution in [1.82, 2.24) is 4.90 Å². The first-order valence-corrected chi connectivity index (χ1v) is 9.12. The molecule has 0 N–H and O–H groups in total. The standard InChI is InChI=1S/C15H17BrN2O3S/c1-11-8-18(9-12(2)21-11)10-15(7-17)22(19,20)14-5-3-13(16)4-6-14/h3-6,10-12H,8-9H2,1-2H3/b15-10+/t11-,12-/m0/s1. The van der Waals surface area contributed by atoms with E-state index in [4.69, 9.17) is 4.74 Å². The van der Waals surface area contributed by atoms with Gasteiger partial charge in [-0.15, -0.1) is 0 Å². The van der Waals surface area contributed by atoms with E-state index in [1.54, 1.807) is 12.1 Å². The van der Waals surface area contributed by atoms with Gasteiger partial charge in [-0.1, -0.05) is 15.9 Å². The number of nitrogens with zero attached hydrogens (tertiary/aromatic N) is 2. The van der Waals surface area contributed by atoms with Gasteiger partial charge < -0.3 is 9.64 Å². The molecular formula is C15H17BrN2O3S. The Balaban J connectivity index is 2.32. The summed E-state index contributed by atoms with van der Waals surface area (Å²) < 4.78 is 31.5. The first-order chi connectivity index (χ1) is 10.3. The van der Waals surface area contributed by atoms with Crippen LogP contribution >= 0.6 is 15.9 Å². The maximum atomic E-state index is 12.5. The molecule has 7 heteroatoms. The molecule has 1 saturated heterocycles. The average Bonchev–Trinajstić information content (AvgIpc) is 2.44. The Morgan fingerprint density at radius 3 is 2.36 bits per heavy atom. The highest BCUT2D eigenvalue weighted by Gasteiger charge is 2.25. The summed E-state index contributed by atoms with van der Waals surface area (Å²) in [5, 5.41) is 9.28. The molecule has 5 nitrogen and oxygen atoms in total. The Hall–Kier alpha value is -1.36. The molecule has 1 fully saturated rings. The zero-order valence-corrected chi connectivity index (χ0v) is 14.8. The second kappa shape index (κ2) is 6.82. The minimum atomic E-state index is -3.81. The highest BCUT2D eigenvalue weighted by atomic mass is 79.9. The number of morpholine rings is 1. The van der Waals surface area contributed by atoms with Gasteiger partial charge in [-0.2, -0.15) is 5.26 Å². The third-order valence-electron chi connectivity index (χ3n) is 3.27. The quantitative estimate of drug-likeness (QED) is 0.749. The normalized spacial score (nSPS) is 23.2. The number of benzene rings is 1. The van der Waals surface area contributed by atoms with Crippen LogP contribution in [0.1, 0.15) is 13.8 Å². The van der Waals surface area contributed by atoms with E-state index in [2.05, 4.69) is 15.9 Å². The first-order valence-electron chi connectivity index (χ1n) is 6.85. The van der Waals surface area contributed by atoms with Crippen molar-refractivity contribution in [3.63, 3.8) is 0 Å². The average molecular weight is 385 g/mol. The number of hydrogen-bond donors (Lipinski definition) is 0. The highest BCUT2D eigenvalue weighted by molar-refractivity contribution is 9.10. The summed E-state index contributed by atoms with van der Waals surface area (Å²) in [6, 6.07) is 8.05. The van der Waals surface area contributed by atoms with E-state index in [1.165, 1.54) is 18.3 Å². The predicted molar refractivity (Wildman–Crippen MR) is 86.6 cm³/mol. The molecule has 118 valence electrons. The number of nitriles is 1. The van der Waals surface area contributed by atoms with Gasteiger partial charge >= 0.3 is 0 Å². The molecule has 0 aliphatic carbocycles. The molecule has 2 rings (SSSR count). The van der Waals surface area contributed by atoms with Crippen molar-refractivity contribution in [2.24, 2.45) is 0 Å². The van der Waals surface area contributed by atoms with Crippen molar-refractivity contribution in [1.29, 1.82) is 5.26 Å². The van der Waals surface area contributed by atoms with Gasteiger partial charge in [0.05, 0.1) is 17.1 Å². The van der Waals surface area contributed by atoms with Crippen LogP contribution in [0.3, 0.4) is 0 Å². The van der Waals surface area contributed by atoms with E-state index in [1.807, 2.05) is 24.8 Å². The largest absolute Gasteiger partial charge is 0.372 e. The van der Waals surface area contributed by atoms with Crippen molar-refractivity contribution in [3.05, 3.63) is 39.8 Å². The lowest BCUT2D eigenvalue weighted by molar-refractivity contribution is -0.0541. The van der Waals surface area contributed by atoms with Crippen molar-refractivity contribution < 1.29 is 13.2 Å². The SMILES string of the molecule is C[C@H]1CN(/C=C(\C#N)S(=O)(=O)c2ccc(Br)cc2)C[C@H](C)O1. The van der Waals surface area contributed by atoms with Gasteiger partial charge in [-0.3, -0.25) is 0 Å². The monoisotopic (exact) mass is 384 g/mol. The number of ether oxygens (including phenoxy) is 1. The van der Waals surface area contributed by atoms with Crippen LogP contribution in [0, 0.1) is 11.3 Å². The van der Waals surface area contributed by atoms with Crippen molar-refractivity contribution >= 4 is 25.8 Å². The zero-order valence-electron chi connectivity index (χ0n) is 12.4. The van der Waals surface area contributed by atoms with Crippen LogP contribution < -0.4 is 0 Å². The van der Waals surface area contributed by atoms with Crippen LogP contribution in [0.2, 0.25) is 0 Å². The number of hydrogen-bond acceptors (Lipinski definition) is 5. The fourth-order valence-electron chi connectivity index (χ4n) is 2.39. The van der Waals surface area contributed by atoms with E-state index >= 15 is 0 Å². The Morgan fingerprint density at radius 1 is 1.32 bits per heavy atom. The fourth-order valence-corrected chi connectivity index (χ4v) is 3.81. The minimum Gasteiger partial charge on any atom is -0.372 e. The maximum absolute atomic E-state index is 12.5. The topological polar surface area (TPSA) is 70.4 Å². The molecule has 1 aliphatic rings. The van der Waals surface area contributed by atoms with Gasteiger partial charge in [0, 0.05) is 23.8 Å². The van der Waals surface area contributed by atoms with Gasteiger partial charge in [-0.25, -0.2) is 8.42 Å². The molecule has 2 atom stereocenters. The summed E-state index contributed by atoms with van der Waals surface area (Å²) >= 11 is 3.26. The number of sulfone groups is 1. The van der Waals surface area contributed by atoms with Gasteiger partial charge in [0.1, 0.15) is 6.07 Å². The third-order valence-corrected chi connectivity index (χ3v) is 5.47. The number of halogens is 1. The summed E-state index contributed by atoms with van der Waals surface area (Å²) in [7, 11) is -3.81. The van der Waals surface area contributed by atoms with Crippen molar-refractivity contribution in [2.45, 2.75) is 31.0 Å². The molecule has 1 aromatic rings. The van der Waals surface area contributed by atoms with E-state index in [9.17, 15) is 13.7 Å². The molecule has 1 aromatic carbocycles. The lowest BCUT2D eigenvalue weighted by atomic mass is 10.2. The summed E-state index contributed by atoms with van der Waals surface area (Å²) in [5.74, 6) is 0. The highest BCUT2D eigenvalue weighted by Crippen LogP contribution is 2.22. The predicted octanol–water partition coefficient (Wildman–Crippen LogP) is 2.70. The van der Waals surface area contributed by atoms with Gasteiger partial charge in [0.25, 0.3) is 0 Å². The summed E-state index contributed by atoms with van der Waals surface area (Å²) in [4.78, 5) is 1.68. The summed E-state index contributed by atoms with van der Waals surface area (Å²) in [5.41, 5.74) is 0. The lowest BCUT2D eigenvalue weighted by Gasteiger charge is -2.34. The van der Waals surface area contributed by atoms with E-state index < -0.39 is 9.84 Å². The van der Waals surface area contributed by atoms with Crippen LogP contribution in [-0.2, 0) is 14.6 Å². The number of rotatable bonds is 3. The summed E-state index contributed by atoms with van der Waals surface area (Å²) in [6.07, 6.45) is 1.41. The number of allylic oxidation sites excluding steroid dienone is 1. The molecule has 0 radical (unpaired) electrons. The Kier molecular flexibility index (Phi) is 5.27. The molecule has 0 unspecified atom stereocenters. The molecule has 1 heterocycles. The van der Waals surface area contributed by atoms with Crippen molar-refractivity contribution in [2.75, 3.05) is 13.1 Å². The van der Waals surface area contributed by atoms with Crippen LogP contribution in [-0.4, -0.2) is 38.6 Å². The third kappa shape index (κ3) is 3.88. The molecular weight excluding hydrogens is 368 g/mol. The van der Waals surface area contributed by atoms with Crippen molar-refractivity contribution in [3.8, 4) is 6.07 Å². The van der Waals surface area contributed by atoms with Gasteiger partial charge in [-0.05, 0) is 38.1 Å².